The molecule has 0 spiro atoms. The minimum absolute atomic E-state index is 0.537. The van der Waals surface area contributed by atoms with Crippen molar-refractivity contribution in [3.8, 4) is 0 Å². The van der Waals surface area contributed by atoms with Gasteiger partial charge in [0, 0.05) is 14.1 Å². The summed E-state index contributed by atoms with van der Waals surface area (Å²) in [7, 11) is 3.91. The van der Waals surface area contributed by atoms with Crippen molar-refractivity contribution in [3.05, 3.63) is 0 Å². The summed E-state index contributed by atoms with van der Waals surface area (Å²) in [6.45, 7) is 0. The maximum atomic E-state index is 5.83. The van der Waals surface area contributed by atoms with E-state index >= 15 is 0 Å². The molecule has 2 N–H and O–H groups in total. The standard InChI is InChI=1S/C12H23N3/c1-15(2)12(13)14-11-8-10(11)9-6-4-3-5-7-9/h9-11H,3-8H2,1-2H3,(H2,13,14). The summed E-state index contributed by atoms with van der Waals surface area (Å²) in [6, 6.07) is 0.537. The number of hydrogen-bond donors (Lipinski definition) is 1. The minimum Gasteiger partial charge on any atom is -0.370 e. The highest BCUT2D eigenvalue weighted by Gasteiger charge is 2.43. The lowest BCUT2D eigenvalue weighted by molar-refractivity contribution is 0.318. The van der Waals surface area contributed by atoms with Gasteiger partial charge < -0.3 is 10.6 Å². The molecule has 3 nitrogen and oxygen atoms in total. The van der Waals surface area contributed by atoms with Gasteiger partial charge in [0.25, 0.3) is 0 Å². The van der Waals surface area contributed by atoms with Gasteiger partial charge in [0.1, 0.15) is 0 Å². The normalized spacial score (nSPS) is 32.8. The fourth-order valence-electron chi connectivity index (χ4n) is 2.70. The molecule has 2 saturated carbocycles. The lowest BCUT2D eigenvalue weighted by Gasteiger charge is -2.21. The summed E-state index contributed by atoms with van der Waals surface area (Å²) < 4.78 is 0. The maximum absolute atomic E-state index is 5.83. The Hall–Kier alpha value is -0.730. The van der Waals surface area contributed by atoms with Crippen molar-refractivity contribution >= 4 is 5.96 Å². The minimum atomic E-state index is 0.537. The van der Waals surface area contributed by atoms with Crippen LogP contribution in [0.2, 0.25) is 0 Å². The second kappa shape index (κ2) is 4.42. The van der Waals surface area contributed by atoms with Crippen LogP contribution in [0.15, 0.2) is 4.99 Å². The quantitative estimate of drug-likeness (QED) is 0.557. The molecule has 0 saturated heterocycles. The molecular formula is C12H23N3. The van der Waals surface area contributed by atoms with Crippen LogP contribution in [0.3, 0.4) is 0 Å². The molecule has 2 unspecified atom stereocenters. The Morgan fingerprint density at radius 3 is 2.47 bits per heavy atom. The highest BCUT2D eigenvalue weighted by molar-refractivity contribution is 5.77. The molecule has 0 amide bonds. The van der Waals surface area contributed by atoms with Gasteiger partial charge in [-0.1, -0.05) is 32.1 Å². The first kappa shape index (κ1) is 10.8. The van der Waals surface area contributed by atoms with Crippen LogP contribution in [-0.2, 0) is 0 Å². The molecule has 0 bridgehead atoms. The zero-order chi connectivity index (χ0) is 10.8. The molecule has 2 rings (SSSR count). The molecule has 15 heavy (non-hydrogen) atoms. The molecule has 2 aliphatic rings. The molecule has 0 aromatic heterocycles. The molecule has 0 aromatic rings. The molecule has 0 heterocycles. The largest absolute Gasteiger partial charge is 0.370 e. The number of nitrogens with two attached hydrogens (primary N) is 1. The van der Waals surface area contributed by atoms with E-state index in [0.29, 0.717) is 12.0 Å². The maximum Gasteiger partial charge on any atom is 0.191 e. The second-order valence-electron chi connectivity index (χ2n) is 5.25. The van der Waals surface area contributed by atoms with Gasteiger partial charge in [0.05, 0.1) is 6.04 Å². The van der Waals surface area contributed by atoms with Crippen LogP contribution >= 0.6 is 0 Å². The topological polar surface area (TPSA) is 41.6 Å². The second-order valence-corrected chi connectivity index (χ2v) is 5.25. The van der Waals surface area contributed by atoms with Gasteiger partial charge in [-0.3, -0.25) is 0 Å². The van der Waals surface area contributed by atoms with E-state index in [4.69, 9.17) is 5.73 Å². The van der Waals surface area contributed by atoms with Gasteiger partial charge in [-0.15, -0.1) is 0 Å². The van der Waals surface area contributed by atoms with Crippen molar-refractivity contribution in [1.29, 1.82) is 0 Å². The van der Waals surface area contributed by atoms with Crippen molar-refractivity contribution in [3.63, 3.8) is 0 Å². The number of rotatable bonds is 2. The molecule has 0 radical (unpaired) electrons. The molecule has 3 heteroatoms. The van der Waals surface area contributed by atoms with Crippen molar-refractivity contribution in [2.75, 3.05) is 14.1 Å². The smallest absolute Gasteiger partial charge is 0.191 e. The fourth-order valence-corrected chi connectivity index (χ4v) is 2.70. The predicted octanol–water partition coefficient (Wildman–Crippen LogP) is 1.83. The van der Waals surface area contributed by atoms with E-state index in [1.165, 1.54) is 38.5 Å². The summed E-state index contributed by atoms with van der Waals surface area (Å²) in [5.74, 6) is 2.49. The first-order chi connectivity index (χ1) is 7.18. The van der Waals surface area contributed by atoms with Crippen LogP contribution in [-0.4, -0.2) is 31.0 Å². The van der Waals surface area contributed by atoms with E-state index in [1.54, 1.807) is 0 Å². The summed E-state index contributed by atoms with van der Waals surface area (Å²) >= 11 is 0. The number of nitrogens with zero attached hydrogens (tertiary/aromatic N) is 2. The first-order valence-electron chi connectivity index (χ1n) is 6.19. The monoisotopic (exact) mass is 209 g/mol. The van der Waals surface area contributed by atoms with E-state index in [-0.39, 0.29) is 0 Å². The predicted molar refractivity (Wildman–Crippen MR) is 63.8 cm³/mol. The highest BCUT2D eigenvalue weighted by Crippen LogP contribution is 2.46. The Bertz CT molecular complexity index is 241. The Balaban J connectivity index is 1.82. The number of aliphatic imine (C=N–C) groups is 1. The van der Waals surface area contributed by atoms with Crippen LogP contribution in [0.25, 0.3) is 0 Å². The van der Waals surface area contributed by atoms with Crippen LogP contribution in [0.5, 0.6) is 0 Å². The zero-order valence-electron chi connectivity index (χ0n) is 9.95. The van der Waals surface area contributed by atoms with Gasteiger partial charge in [-0.25, -0.2) is 4.99 Å². The van der Waals surface area contributed by atoms with Crippen LogP contribution in [0, 0.1) is 11.8 Å². The van der Waals surface area contributed by atoms with Crippen LogP contribution in [0.1, 0.15) is 38.5 Å². The van der Waals surface area contributed by atoms with E-state index in [1.807, 2.05) is 19.0 Å². The number of hydrogen-bond acceptors (Lipinski definition) is 1. The third-order valence-electron chi connectivity index (χ3n) is 3.82. The average Bonchev–Trinajstić information content (AvgIpc) is 2.98. The van der Waals surface area contributed by atoms with Crippen molar-refractivity contribution in [2.45, 2.75) is 44.6 Å². The van der Waals surface area contributed by atoms with Gasteiger partial charge >= 0.3 is 0 Å². The summed E-state index contributed by atoms with van der Waals surface area (Å²) in [4.78, 5) is 6.46. The Morgan fingerprint density at radius 2 is 1.87 bits per heavy atom. The first-order valence-corrected chi connectivity index (χ1v) is 6.19. The summed E-state index contributed by atoms with van der Waals surface area (Å²) in [6.07, 6.45) is 8.44. The molecule has 2 aliphatic carbocycles. The van der Waals surface area contributed by atoms with Crippen LogP contribution < -0.4 is 5.73 Å². The highest BCUT2D eigenvalue weighted by atomic mass is 15.2. The molecule has 0 aliphatic heterocycles. The Labute approximate surface area is 92.7 Å². The van der Waals surface area contributed by atoms with Crippen molar-refractivity contribution in [2.24, 2.45) is 22.6 Å². The molecule has 86 valence electrons. The molecule has 0 aromatic carbocycles. The van der Waals surface area contributed by atoms with E-state index in [9.17, 15) is 0 Å². The van der Waals surface area contributed by atoms with E-state index < -0.39 is 0 Å². The third-order valence-corrected chi connectivity index (χ3v) is 3.82. The number of guanidine groups is 1. The summed E-state index contributed by atoms with van der Waals surface area (Å²) in [5.41, 5.74) is 5.83. The third kappa shape index (κ3) is 2.64. The lowest BCUT2D eigenvalue weighted by atomic mass is 9.85. The van der Waals surface area contributed by atoms with Gasteiger partial charge in [0.2, 0.25) is 0 Å². The van der Waals surface area contributed by atoms with Gasteiger partial charge in [-0.2, -0.15) is 0 Å². The van der Waals surface area contributed by atoms with Crippen LogP contribution in [0.4, 0.5) is 0 Å². The van der Waals surface area contributed by atoms with E-state index in [0.717, 1.165) is 11.8 Å². The Kier molecular flexibility index (Phi) is 3.17. The van der Waals surface area contributed by atoms with Crippen molar-refractivity contribution in [1.82, 2.24) is 4.90 Å². The van der Waals surface area contributed by atoms with Gasteiger partial charge in [0.15, 0.2) is 5.96 Å². The lowest BCUT2D eigenvalue weighted by Crippen LogP contribution is -2.30. The Morgan fingerprint density at radius 1 is 1.20 bits per heavy atom. The molecular weight excluding hydrogens is 186 g/mol. The SMILES string of the molecule is CN(C)C(N)=NC1CC1C1CCCCC1. The summed E-state index contributed by atoms with van der Waals surface area (Å²) in [5, 5.41) is 0. The van der Waals surface area contributed by atoms with E-state index in [2.05, 4.69) is 4.99 Å². The average molecular weight is 209 g/mol. The van der Waals surface area contributed by atoms with Gasteiger partial charge in [-0.05, 0) is 18.3 Å². The fraction of sp³-hybridized carbons (Fsp3) is 0.917. The van der Waals surface area contributed by atoms with Crippen molar-refractivity contribution < 1.29 is 0 Å². The molecule has 2 atom stereocenters. The molecule has 2 fully saturated rings. The zero-order valence-corrected chi connectivity index (χ0v) is 9.95.